The molecule has 0 spiro atoms. The Hall–Kier alpha value is -2.95. The van der Waals surface area contributed by atoms with E-state index >= 15 is 0 Å². The number of hydrogen-bond acceptors (Lipinski definition) is 5. The molecule has 2 aromatic carbocycles. The summed E-state index contributed by atoms with van der Waals surface area (Å²) in [5.41, 5.74) is 0.825. The van der Waals surface area contributed by atoms with Crippen LogP contribution in [0, 0.1) is 0 Å². The summed E-state index contributed by atoms with van der Waals surface area (Å²) in [5.74, 6) is 1.80. The fourth-order valence-corrected chi connectivity index (χ4v) is 2.17. The normalized spacial score (nSPS) is 12.9. The summed E-state index contributed by atoms with van der Waals surface area (Å²) in [6, 6.07) is 12.5. The Morgan fingerprint density at radius 2 is 1.78 bits per heavy atom. The van der Waals surface area contributed by atoms with Gasteiger partial charge in [-0.05, 0) is 35.9 Å². The number of para-hydroxylation sites is 2. The molecule has 23 heavy (non-hydrogen) atoms. The van der Waals surface area contributed by atoms with Gasteiger partial charge in [0.15, 0.2) is 23.0 Å². The van der Waals surface area contributed by atoms with Gasteiger partial charge in [0, 0.05) is 6.08 Å². The second-order valence-electron chi connectivity index (χ2n) is 4.81. The van der Waals surface area contributed by atoms with Crippen molar-refractivity contribution in [2.75, 3.05) is 20.3 Å². The van der Waals surface area contributed by atoms with Gasteiger partial charge < -0.3 is 18.9 Å². The molecule has 2 aromatic rings. The van der Waals surface area contributed by atoms with E-state index < -0.39 is 5.97 Å². The van der Waals surface area contributed by atoms with Gasteiger partial charge in [0.05, 0.1) is 7.11 Å². The summed E-state index contributed by atoms with van der Waals surface area (Å²) in [4.78, 5) is 11.9. The van der Waals surface area contributed by atoms with Crippen LogP contribution in [0.1, 0.15) is 5.56 Å². The maximum atomic E-state index is 11.9. The highest BCUT2D eigenvalue weighted by Gasteiger charge is 2.11. The first-order valence-corrected chi connectivity index (χ1v) is 7.19. The van der Waals surface area contributed by atoms with Crippen LogP contribution in [0.25, 0.3) is 6.08 Å². The van der Waals surface area contributed by atoms with E-state index in [4.69, 9.17) is 18.9 Å². The molecule has 0 bridgehead atoms. The van der Waals surface area contributed by atoms with Crippen molar-refractivity contribution in [3.63, 3.8) is 0 Å². The first kappa shape index (κ1) is 15.0. The van der Waals surface area contributed by atoms with Crippen LogP contribution >= 0.6 is 0 Å². The van der Waals surface area contributed by atoms with Crippen molar-refractivity contribution in [1.82, 2.24) is 0 Å². The Morgan fingerprint density at radius 1 is 1.04 bits per heavy atom. The number of ether oxygens (including phenoxy) is 4. The van der Waals surface area contributed by atoms with Gasteiger partial charge in [-0.15, -0.1) is 0 Å². The number of fused-ring (bicyclic) bond motifs is 1. The monoisotopic (exact) mass is 312 g/mol. The molecule has 118 valence electrons. The molecule has 0 aliphatic carbocycles. The molecule has 0 N–H and O–H groups in total. The van der Waals surface area contributed by atoms with Crippen molar-refractivity contribution in [2.24, 2.45) is 0 Å². The molecule has 0 saturated heterocycles. The number of carbonyl (C=O) groups is 1. The first-order chi connectivity index (χ1) is 11.3. The standard InChI is InChI=1S/C18H16O5/c1-20-14-4-2-3-5-16(14)23-18(19)9-7-13-6-8-15-17(12-13)22-11-10-21-15/h2-9,12H,10-11H2,1H3/b9-7+. The van der Waals surface area contributed by atoms with E-state index in [1.54, 1.807) is 30.3 Å². The molecular weight excluding hydrogens is 296 g/mol. The maximum absolute atomic E-state index is 11.9. The summed E-state index contributed by atoms with van der Waals surface area (Å²) >= 11 is 0. The molecule has 0 atom stereocenters. The third kappa shape index (κ3) is 3.63. The van der Waals surface area contributed by atoms with E-state index in [9.17, 15) is 4.79 Å². The maximum Gasteiger partial charge on any atom is 0.336 e. The molecule has 0 fully saturated rings. The summed E-state index contributed by atoms with van der Waals surface area (Å²) < 4.78 is 21.4. The molecule has 1 aliphatic heterocycles. The average molecular weight is 312 g/mol. The minimum Gasteiger partial charge on any atom is -0.493 e. The van der Waals surface area contributed by atoms with Crippen LogP contribution in [-0.2, 0) is 4.79 Å². The van der Waals surface area contributed by atoms with Crippen molar-refractivity contribution in [2.45, 2.75) is 0 Å². The lowest BCUT2D eigenvalue weighted by molar-refractivity contribution is -0.129. The number of benzene rings is 2. The predicted molar refractivity (Wildman–Crippen MR) is 85.1 cm³/mol. The molecule has 0 amide bonds. The molecular formula is C18H16O5. The van der Waals surface area contributed by atoms with Crippen LogP contribution in [0.15, 0.2) is 48.5 Å². The van der Waals surface area contributed by atoms with E-state index in [0.29, 0.717) is 36.2 Å². The molecule has 1 aliphatic rings. The van der Waals surface area contributed by atoms with Gasteiger partial charge in [-0.25, -0.2) is 4.79 Å². The van der Waals surface area contributed by atoms with E-state index in [-0.39, 0.29) is 0 Å². The van der Waals surface area contributed by atoms with Crippen LogP contribution in [0.3, 0.4) is 0 Å². The zero-order valence-electron chi connectivity index (χ0n) is 12.7. The lowest BCUT2D eigenvalue weighted by Gasteiger charge is -2.18. The van der Waals surface area contributed by atoms with Gasteiger partial charge in [-0.1, -0.05) is 18.2 Å². The fourth-order valence-electron chi connectivity index (χ4n) is 2.17. The molecule has 1 heterocycles. The lowest BCUT2D eigenvalue weighted by Crippen LogP contribution is -2.15. The third-order valence-electron chi connectivity index (χ3n) is 3.26. The van der Waals surface area contributed by atoms with E-state index in [1.165, 1.54) is 13.2 Å². The minimum absolute atomic E-state index is 0.381. The van der Waals surface area contributed by atoms with Gasteiger partial charge in [0.2, 0.25) is 0 Å². The molecule has 0 aromatic heterocycles. The molecule has 5 heteroatoms. The van der Waals surface area contributed by atoms with Crippen molar-refractivity contribution >= 4 is 12.0 Å². The van der Waals surface area contributed by atoms with E-state index in [0.717, 1.165) is 5.56 Å². The van der Waals surface area contributed by atoms with E-state index in [1.807, 2.05) is 18.2 Å². The fraction of sp³-hybridized carbons (Fsp3) is 0.167. The Morgan fingerprint density at radius 3 is 2.57 bits per heavy atom. The van der Waals surface area contributed by atoms with Crippen LogP contribution in [-0.4, -0.2) is 26.3 Å². The molecule has 0 saturated carbocycles. The lowest BCUT2D eigenvalue weighted by atomic mass is 10.2. The Bertz CT molecular complexity index is 736. The van der Waals surface area contributed by atoms with Gasteiger partial charge >= 0.3 is 5.97 Å². The summed E-state index contributed by atoms with van der Waals surface area (Å²) in [5, 5.41) is 0. The third-order valence-corrected chi connectivity index (χ3v) is 3.26. The average Bonchev–Trinajstić information content (AvgIpc) is 2.60. The summed E-state index contributed by atoms with van der Waals surface area (Å²) in [7, 11) is 1.53. The number of rotatable bonds is 4. The largest absolute Gasteiger partial charge is 0.493 e. The summed E-state index contributed by atoms with van der Waals surface area (Å²) in [6.07, 6.45) is 3.02. The van der Waals surface area contributed by atoms with Gasteiger partial charge in [0.1, 0.15) is 13.2 Å². The first-order valence-electron chi connectivity index (χ1n) is 7.19. The van der Waals surface area contributed by atoms with Crippen molar-refractivity contribution < 1.29 is 23.7 Å². The molecule has 0 radical (unpaired) electrons. The van der Waals surface area contributed by atoms with Gasteiger partial charge in [-0.2, -0.15) is 0 Å². The van der Waals surface area contributed by atoms with Crippen molar-refractivity contribution in [3.8, 4) is 23.0 Å². The Kier molecular flexibility index (Phi) is 4.47. The number of carbonyl (C=O) groups excluding carboxylic acids is 1. The molecule has 5 nitrogen and oxygen atoms in total. The van der Waals surface area contributed by atoms with E-state index in [2.05, 4.69) is 0 Å². The second-order valence-corrected chi connectivity index (χ2v) is 4.81. The highest BCUT2D eigenvalue weighted by Crippen LogP contribution is 2.31. The number of hydrogen-bond donors (Lipinski definition) is 0. The van der Waals surface area contributed by atoms with Crippen LogP contribution in [0.2, 0.25) is 0 Å². The zero-order chi connectivity index (χ0) is 16.1. The van der Waals surface area contributed by atoms with Crippen molar-refractivity contribution in [1.29, 1.82) is 0 Å². The highest BCUT2D eigenvalue weighted by atomic mass is 16.6. The highest BCUT2D eigenvalue weighted by molar-refractivity contribution is 5.89. The zero-order valence-corrected chi connectivity index (χ0v) is 12.7. The predicted octanol–water partition coefficient (Wildman–Crippen LogP) is 3.09. The SMILES string of the molecule is COc1ccccc1OC(=O)/C=C/c1ccc2c(c1)OCCO2. The number of esters is 1. The quantitative estimate of drug-likeness (QED) is 0.493. The van der Waals surface area contributed by atoms with Gasteiger partial charge in [0.25, 0.3) is 0 Å². The Balaban J connectivity index is 1.69. The smallest absolute Gasteiger partial charge is 0.336 e. The summed E-state index contributed by atoms with van der Waals surface area (Å²) in [6.45, 7) is 1.07. The second kappa shape index (κ2) is 6.87. The number of methoxy groups -OCH3 is 1. The van der Waals surface area contributed by atoms with Crippen molar-refractivity contribution in [3.05, 3.63) is 54.1 Å². The topological polar surface area (TPSA) is 54.0 Å². The Labute approximate surface area is 134 Å². The molecule has 3 rings (SSSR count). The van der Waals surface area contributed by atoms with Crippen LogP contribution < -0.4 is 18.9 Å². The molecule has 0 unspecified atom stereocenters. The van der Waals surface area contributed by atoms with Gasteiger partial charge in [-0.3, -0.25) is 0 Å². The van der Waals surface area contributed by atoms with Crippen LogP contribution in [0.4, 0.5) is 0 Å². The van der Waals surface area contributed by atoms with Crippen LogP contribution in [0.5, 0.6) is 23.0 Å². The minimum atomic E-state index is -0.482.